The molecular weight excluding hydrogens is 1180 g/mol. The van der Waals surface area contributed by atoms with Gasteiger partial charge < -0.3 is 110 Å². The van der Waals surface area contributed by atoms with Gasteiger partial charge in [0.05, 0.1) is 91.4 Å². The molecule has 0 radical (unpaired) electrons. The molecule has 3 saturated heterocycles. The molecule has 0 aliphatic carbocycles. The molecule has 0 aromatic rings. The molecule has 3 rings (SSSR count). The zero-order valence-corrected chi connectivity index (χ0v) is 52.4. The number of hydrogen-bond acceptors (Lipinski definition) is 25. The van der Waals surface area contributed by atoms with Crippen molar-refractivity contribution < 1.29 is 122 Å². The zero-order chi connectivity index (χ0) is 65.2. The number of aliphatic hydroxyl groups excluding tert-OH is 8. The Balaban J connectivity index is 1.69. The minimum Gasteiger partial charge on any atom is -0.394 e. The average molecular weight is 1290 g/mol. The highest BCUT2D eigenvalue weighted by atomic mass is 32.2. The quantitative estimate of drug-likeness (QED) is 0.0201. The molecule has 3 fully saturated rings. The second-order valence-corrected chi connectivity index (χ2v) is 23.5. The Morgan fingerprint density at radius 1 is 0.489 bits per heavy atom. The number of amides is 5. The van der Waals surface area contributed by atoms with Crippen molar-refractivity contribution in [1.82, 2.24) is 26.6 Å². The summed E-state index contributed by atoms with van der Waals surface area (Å²) in [5.41, 5.74) is -0.533. The lowest BCUT2D eigenvalue weighted by Gasteiger charge is -2.43. The standard InChI is InChI=1S/C57H100N6O24S/c1-34-46(60-35(2)67)54(85-41(28-64)49(34)74)82-21-9-14-39(70)17-23-79-31-57(63-45(73)16-8-6-7-12-38(58)13-11-27-88-5,32-80-24-18-40(71)15-10-22-83-55-47(61-36(3)68)52(77)50(75)42(29-65)86-55)33-81-25-19-44(72)59-20-26-84-56-48(62-37(4)69)53(78)51(76)43(30-66)87-56/h34,41-43,46-56,58,64-66,74-78H,6-33H2,1-5H3,(H,59,72)(H,60,67)(H,61,68)(H,62,69)(H,63,73)/p+1. The maximum atomic E-state index is 13.9. The molecule has 3 aliphatic rings. The lowest BCUT2D eigenvalue weighted by molar-refractivity contribution is -0.270. The predicted octanol–water partition coefficient (Wildman–Crippen LogP) is -4.67. The molecule has 16 atom stereocenters. The van der Waals surface area contributed by atoms with Crippen LogP contribution in [0, 0.1) is 5.92 Å². The number of aliphatic hydroxyl groups is 8. The molecule has 0 aromatic heterocycles. The van der Waals surface area contributed by atoms with Gasteiger partial charge in [-0.3, -0.25) is 39.0 Å². The van der Waals surface area contributed by atoms with Crippen LogP contribution in [-0.4, -0.2) is 277 Å². The highest BCUT2D eigenvalue weighted by molar-refractivity contribution is 7.98. The molecule has 0 bridgehead atoms. The molecule has 31 heteroatoms. The van der Waals surface area contributed by atoms with Crippen LogP contribution in [0.5, 0.6) is 0 Å². The third kappa shape index (κ3) is 28.7. The van der Waals surface area contributed by atoms with Crippen LogP contribution in [-0.2, 0) is 76.2 Å². The van der Waals surface area contributed by atoms with Gasteiger partial charge in [-0.25, -0.2) is 0 Å². The van der Waals surface area contributed by atoms with Crippen molar-refractivity contribution in [3.8, 4) is 0 Å². The number of unbranched alkanes of at least 4 members (excludes halogenated alkanes) is 2. The molecule has 88 heavy (non-hydrogen) atoms. The van der Waals surface area contributed by atoms with E-state index in [2.05, 4.69) is 26.6 Å². The van der Waals surface area contributed by atoms with Crippen LogP contribution in [0.3, 0.4) is 0 Å². The van der Waals surface area contributed by atoms with E-state index < -0.39 is 135 Å². The number of carbonyl (C=O) groups excluding carboxylic acids is 7. The van der Waals surface area contributed by atoms with Gasteiger partial charge in [0.15, 0.2) is 18.9 Å². The van der Waals surface area contributed by atoms with Gasteiger partial charge in [-0.05, 0) is 44.1 Å². The summed E-state index contributed by atoms with van der Waals surface area (Å²) in [7, 11) is 0. The van der Waals surface area contributed by atoms with Crippen molar-refractivity contribution in [3.05, 3.63) is 0 Å². The molecule has 3 heterocycles. The van der Waals surface area contributed by atoms with E-state index in [1.807, 2.05) is 6.26 Å². The highest BCUT2D eigenvalue weighted by Gasteiger charge is 2.47. The van der Waals surface area contributed by atoms with Gasteiger partial charge in [-0.1, -0.05) is 13.3 Å². The van der Waals surface area contributed by atoms with Crippen molar-refractivity contribution in [1.29, 1.82) is 0 Å². The van der Waals surface area contributed by atoms with Gasteiger partial charge in [0.25, 0.3) is 0 Å². The first-order valence-electron chi connectivity index (χ1n) is 30.3. The van der Waals surface area contributed by atoms with Crippen LogP contribution >= 0.6 is 11.8 Å². The van der Waals surface area contributed by atoms with Gasteiger partial charge in [-0.15, -0.1) is 0 Å². The number of ketones is 2. The number of carbonyl (C=O) groups is 7. The van der Waals surface area contributed by atoms with Crippen molar-refractivity contribution in [3.63, 3.8) is 0 Å². The smallest absolute Gasteiger partial charge is 0.222 e. The molecule has 0 aromatic carbocycles. The summed E-state index contributed by atoms with van der Waals surface area (Å²) in [6.45, 7) is 2.26. The van der Waals surface area contributed by atoms with Gasteiger partial charge in [-0.2, -0.15) is 11.8 Å². The molecule has 0 spiro atoms. The van der Waals surface area contributed by atoms with Crippen molar-refractivity contribution >= 4 is 58.6 Å². The minimum absolute atomic E-state index is 0.0159. The molecule has 5 amide bonds. The molecule has 0 saturated carbocycles. The van der Waals surface area contributed by atoms with Crippen LogP contribution in [0.15, 0.2) is 0 Å². The van der Waals surface area contributed by atoms with E-state index >= 15 is 0 Å². The monoisotopic (exact) mass is 1290 g/mol. The Labute approximate surface area is 518 Å². The van der Waals surface area contributed by atoms with Crippen LogP contribution < -0.4 is 32.0 Å². The van der Waals surface area contributed by atoms with E-state index in [1.54, 1.807) is 18.7 Å². The molecule has 15 N–H and O–H groups in total. The zero-order valence-electron chi connectivity index (χ0n) is 51.6. The first kappa shape index (κ1) is 78.3. The summed E-state index contributed by atoms with van der Waals surface area (Å²) in [6.07, 6.45) is -7.10. The lowest BCUT2D eigenvalue weighted by atomic mass is 9.89. The maximum Gasteiger partial charge on any atom is 0.222 e. The Morgan fingerprint density at radius 2 is 0.909 bits per heavy atom. The van der Waals surface area contributed by atoms with Crippen molar-refractivity contribution in [2.24, 2.45) is 5.92 Å². The molecule has 508 valence electrons. The molecular formula is C57H101N6O24S+. The molecule has 16 unspecified atom stereocenters. The number of thioether (sulfide) groups is 1. The first-order chi connectivity index (χ1) is 42.0. The first-order valence-corrected chi connectivity index (χ1v) is 31.7. The fraction of sp³-hybridized carbons (Fsp3) is 0.860. The van der Waals surface area contributed by atoms with Gasteiger partial charge >= 0.3 is 0 Å². The summed E-state index contributed by atoms with van der Waals surface area (Å²) in [5, 5.41) is 101. The van der Waals surface area contributed by atoms with Crippen LogP contribution in [0.2, 0.25) is 0 Å². The lowest BCUT2D eigenvalue weighted by Crippen LogP contribution is -2.64. The summed E-state index contributed by atoms with van der Waals surface area (Å²) in [5.74, 6) is -2.22. The maximum absolute atomic E-state index is 13.9. The third-order valence-electron chi connectivity index (χ3n) is 14.9. The number of nitrogens with two attached hydrogens (primary N) is 1. The second kappa shape index (κ2) is 43.0. The Kier molecular flexibility index (Phi) is 38.2. The van der Waals surface area contributed by atoms with E-state index in [1.165, 1.54) is 20.8 Å². The highest BCUT2D eigenvalue weighted by Crippen LogP contribution is 2.28. The van der Waals surface area contributed by atoms with Gasteiger partial charge in [0, 0.05) is 84.6 Å². The van der Waals surface area contributed by atoms with Crippen LogP contribution in [0.25, 0.3) is 0 Å². The minimum atomic E-state index is -1.53. The van der Waals surface area contributed by atoms with Crippen molar-refractivity contribution in [2.45, 2.75) is 209 Å². The molecule has 30 nitrogen and oxygen atoms in total. The number of nitrogens with one attached hydrogen (secondary N) is 5. The van der Waals surface area contributed by atoms with E-state index in [9.17, 15) is 74.4 Å². The van der Waals surface area contributed by atoms with E-state index in [0.717, 1.165) is 37.1 Å². The predicted molar refractivity (Wildman–Crippen MR) is 313 cm³/mol. The Hall–Kier alpha value is -3.97. The number of hydrogen-bond donors (Lipinski definition) is 14. The largest absolute Gasteiger partial charge is 0.394 e. The van der Waals surface area contributed by atoms with E-state index in [0.29, 0.717) is 12.8 Å². The summed E-state index contributed by atoms with van der Waals surface area (Å²) < 4.78 is 52.5. The third-order valence-corrected chi connectivity index (χ3v) is 15.6. The topological polar surface area (TPSA) is 450 Å². The number of Topliss-reactive ketones (excluding diaryl/α,β-unsaturated/α-hetero) is 2. The Morgan fingerprint density at radius 3 is 1.38 bits per heavy atom. The summed E-state index contributed by atoms with van der Waals surface area (Å²) in [6, 6.07) is -3.06. The SMILES string of the molecule is CSCCCC(=[NH2+])CCCCCC(=O)NC(COCCC(=O)CCCOC1OC(CO)C(O)C(C)C1NC(C)=O)(COCCC(=O)CCCOC1OC(CO)C(O)C(O)C1NC(C)=O)COCCC(=O)NCCOC1OC(CO)C(O)C(O)C1NC(C)=O. The van der Waals surface area contributed by atoms with Gasteiger partial charge in [0.2, 0.25) is 29.5 Å². The second-order valence-electron chi connectivity index (χ2n) is 22.5. The van der Waals surface area contributed by atoms with Crippen molar-refractivity contribution in [2.75, 3.05) is 97.8 Å². The average Bonchev–Trinajstić information content (AvgIpc) is 3.21. The fourth-order valence-corrected chi connectivity index (χ4v) is 10.5. The summed E-state index contributed by atoms with van der Waals surface area (Å²) >= 11 is 1.75. The van der Waals surface area contributed by atoms with E-state index in [4.69, 9.17) is 48.0 Å². The van der Waals surface area contributed by atoms with Crippen LogP contribution in [0.1, 0.15) is 118 Å². The summed E-state index contributed by atoms with van der Waals surface area (Å²) in [4.78, 5) is 88.8. The van der Waals surface area contributed by atoms with Gasteiger partial charge in [0.1, 0.15) is 77.6 Å². The van der Waals surface area contributed by atoms with E-state index in [-0.39, 0.29) is 141 Å². The Bertz CT molecular complexity index is 1920. The normalized spacial score (nSPS) is 27.8. The fourth-order valence-electron chi connectivity index (χ4n) is 10.0. The van der Waals surface area contributed by atoms with Crippen LogP contribution in [0.4, 0.5) is 0 Å². The molecule has 3 aliphatic heterocycles. The number of rotatable bonds is 46. The number of ether oxygens (including phenoxy) is 9.